The average Bonchev–Trinajstić information content (AvgIpc) is 3.14. The Labute approximate surface area is 160 Å². The number of esters is 1. The van der Waals surface area contributed by atoms with Crippen molar-refractivity contribution in [2.24, 2.45) is 0 Å². The average molecular weight is 382 g/mol. The summed E-state index contributed by atoms with van der Waals surface area (Å²) in [5.41, 5.74) is 3.15. The molecule has 4 rings (SSSR count). The highest BCUT2D eigenvalue weighted by Gasteiger charge is 2.25. The van der Waals surface area contributed by atoms with Crippen LogP contribution in [-0.4, -0.2) is 28.5 Å². The van der Waals surface area contributed by atoms with E-state index in [-0.39, 0.29) is 0 Å². The zero-order chi connectivity index (χ0) is 18.8. The van der Waals surface area contributed by atoms with Gasteiger partial charge in [-0.3, -0.25) is 9.78 Å². The smallest absolute Gasteiger partial charge is 0.339 e. The fraction of sp³-hybridized carbons (Fsp3) is 0.200. The van der Waals surface area contributed by atoms with Crippen LogP contribution in [0, 0.1) is 0 Å². The number of hydrogen-bond donors (Lipinski definition) is 1. The van der Waals surface area contributed by atoms with E-state index < -0.39 is 18.5 Å². The molecule has 0 radical (unpaired) electrons. The lowest BCUT2D eigenvalue weighted by atomic mass is 10.0. The Bertz CT molecular complexity index is 1030. The lowest BCUT2D eigenvalue weighted by Crippen LogP contribution is -2.22. The summed E-state index contributed by atoms with van der Waals surface area (Å²) in [6.45, 7) is -0.394. The summed E-state index contributed by atoms with van der Waals surface area (Å²) in [5, 5.41) is 3.79. The molecule has 0 aliphatic heterocycles. The van der Waals surface area contributed by atoms with Crippen LogP contribution in [0.25, 0.3) is 10.9 Å². The molecule has 1 aliphatic carbocycles. The summed E-state index contributed by atoms with van der Waals surface area (Å²) in [6.07, 6.45) is 4.03. The molecule has 2 heterocycles. The summed E-state index contributed by atoms with van der Waals surface area (Å²) in [5.74, 6) is -0.630. The largest absolute Gasteiger partial charge is 0.452 e. The third-order valence-corrected chi connectivity index (χ3v) is 4.68. The number of pyridine rings is 2. The SMILES string of the molecule is O=C(COC(=O)c1c2c(nc3ccccc13)CCC2)Nc1ccc(Cl)cn1. The Morgan fingerprint density at radius 3 is 2.81 bits per heavy atom. The number of nitrogens with zero attached hydrogens (tertiary/aromatic N) is 2. The van der Waals surface area contributed by atoms with Crippen LogP contribution < -0.4 is 5.32 Å². The van der Waals surface area contributed by atoms with Crippen molar-refractivity contribution in [2.45, 2.75) is 19.3 Å². The van der Waals surface area contributed by atoms with Crippen LogP contribution in [0.1, 0.15) is 28.0 Å². The van der Waals surface area contributed by atoms with Gasteiger partial charge in [-0.2, -0.15) is 0 Å². The van der Waals surface area contributed by atoms with Crippen LogP contribution in [0.15, 0.2) is 42.6 Å². The molecule has 7 heteroatoms. The molecule has 2 aromatic heterocycles. The van der Waals surface area contributed by atoms with Crippen molar-refractivity contribution in [3.63, 3.8) is 0 Å². The number of carbonyl (C=O) groups excluding carboxylic acids is 2. The first-order valence-electron chi connectivity index (χ1n) is 8.61. The Morgan fingerprint density at radius 2 is 2.00 bits per heavy atom. The quantitative estimate of drug-likeness (QED) is 0.699. The monoisotopic (exact) mass is 381 g/mol. The van der Waals surface area contributed by atoms with Crippen LogP contribution in [0.2, 0.25) is 5.02 Å². The fourth-order valence-electron chi connectivity index (χ4n) is 3.28. The van der Waals surface area contributed by atoms with Gasteiger partial charge < -0.3 is 10.1 Å². The van der Waals surface area contributed by atoms with Crippen molar-refractivity contribution < 1.29 is 14.3 Å². The second-order valence-corrected chi connectivity index (χ2v) is 6.71. The van der Waals surface area contributed by atoms with Crippen molar-refractivity contribution >= 4 is 40.2 Å². The zero-order valence-electron chi connectivity index (χ0n) is 14.4. The Hall–Kier alpha value is -2.99. The van der Waals surface area contributed by atoms with Gasteiger partial charge in [0.15, 0.2) is 6.61 Å². The second kappa shape index (κ2) is 7.32. The number of ether oxygens (including phenoxy) is 1. The number of benzene rings is 1. The molecule has 0 fully saturated rings. The van der Waals surface area contributed by atoms with E-state index in [1.165, 1.54) is 6.20 Å². The van der Waals surface area contributed by atoms with Crippen molar-refractivity contribution in [2.75, 3.05) is 11.9 Å². The second-order valence-electron chi connectivity index (χ2n) is 6.27. The molecule has 0 spiro atoms. The molecule has 3 aromatic rings. The van der Waals surface area contributed by atoms with E-state index in [4.69, 9.17) is 16.3 Å². The van der Waals surface area contributed by atoms with E-state index in [0.29, 0.717) is 16.4 Å². The zero-order valence-corrected chi connectivity index (χ0v) is 15.1. The van der Waals surface area contributed by atoms with E-state index >= 15 is 0 Å². The number of carbonyl (C=O) groups is 2. The van der Waals surface area contributed by atoms with E-state index in [2.05, 4.69) is 15.3 Å². The van der Waals surface area contributed by atoms with Crippen molar-refractivity contribution in [3.8, 4) is 0 Å². The van der Waals surface area contributed by atoms with E-state index in [9.17, 15) is 9.59 Å². The highest BCUT2D eigenvalue weighted by molar-refractivity contribution is 6.30. The Balaban J connectivity index is 1.52. The number of aryl methyl sites for hydroxylation is 1. The first kappa shape index (κ1) is 17.4. The number of aromatic nitrogens is 2. The van der Waals surface area contributed by atoms with Crippen LogP contribution in [0.3, 0.4) is 0 Å². The van der Waals surface area contributed by atoms with Gasteiger partial charge in [-0.05, 0) is 43.0 Å². The molecule has 1 N–H and O–H groups in total. The summed E-state index contributed by atoms with van der Waals surface area (Å²) < 4.78 is 5.29. The number of hydrogen-bond acceptors (Lipinski definition) is 5. The lowest BCUT2D eigenvalue weighted by molar-refractivity contribution is -0.119. The van der Waals surface area contributed by atoms with Gasteiger partial charge in [-0.25, -0.2) is 9.78 Å². The first-order valence-corrected chi connectivity index (χ1v) is 8.98. The third-order valence-electron chi connectivity index (χ3n) is 4.45. The van der Waals surface area contributed by atoms with Crippen LogP contribution >= 0.6 is 11.6 Å². The minimum Gasteiger partial charge on any atom is -0.452 e. The standard InChI is InChI=1S/C20H16ClN3O3/c21-12-8-9-17(22-10-12)24-18(25)11-27-20(26)19-13-4-1-2-6-15(13)23-16-7-3-5-14(16)19/h1-2,4,6,8-10H,3,5,7,11H2,(H,22,24,25). The molecule has 0 unspecified atom stereocenters. The normalized spacial score (nSPS) is 12.6. The van der Waals surface area contributed by atoms with Gasteiger partial charge in [0.05, 0.1) is 16.1 Å². The van der Waals surface area contributed by atoms with E-state index in [1.54, 1.807) is 12.1 Å². The topological polar surface area (TPSA) is 81.2 Å². The predicted octanol–water partition coefficient (Wildman–Crippen LogP) is 3.57. The van der Waals surface area contributed by atoms with Gasteiger partial charge >= 0.3 is 5.97 Å². The highest BCUT2D eigenvalue weighted by atomic mass is 35.5. The van der Waals surface area contributed by atoms with Gasteiger partial charge in [-0.15, -0.1) is 0 Å². The molecule has 27 heavy (non-hydrogen) atoms. The van der Waals surface area contributed by atoms with Gasteiger partial charge in [0, 0.05) is 17.3 Å². The third kappa shape index (κ3) is 3.61. The Kier molecular flexibility index (Phi) is 4.73. The summed E-state index contributed by atoms with van der Waals surface area (Å²) in [4.78, 5) is 33.4. The summed E-state index contributed by atoms with van der Waals surface area (Å²) in [6, 6.07) is 10.7. The summed E-state index contributed by atoms with van der Waals surface area (Å²) in [7, 11) is 0. The molecule has 0 saturated carbocycles. The first-order chi connectivity index (χ1) is 13.1. The maximum absolute atomic E-state index is 12.8. The van der Waals surface area contributed by atoms with Gasteiger partial charge in [0.1, 0.15) is 5.82 Å². The molecule has 1 amide bonds. The number of amides is 1. The molecular formula is C20H16ClN3O3. The highest BCUT2D eigenvalue weighted by Crippen LogP contribution is 2.30. The Morgan fingerprint density at radius 1 is 1.15 bits per heavy atom. The number of nitrogens with one attached hydrogen (secondary N) is 1. The van der Waals surface area contributed by atoms with E-state index in [1.807, 2.05) is 24.3 Å². The van der Waals surface area contributed by atoms with Gasteiger partial charge in [0.25, 0.3) is 5.91 Å². The van der Waals surface area contributed by atoms with Gasteiger partial charge in [0.2, 0.25) is 0 Å². The van der Waals surface area contributed by atoms with Crippen LogP contribution in [0.4, 0.5) is 5.82 Å². The minimum atomic E-state index is -0.508. The summed E-state index contributed by atoms with van der Waals surface area (Å²) >= 11 is 5.76. The molecule has 136 valence electrons. The lowest BCUT2D eigenvalue weighted by Gasteiger charge is -2.12. The maximum Gasteiger partial charge on any atom is 0.339 e. The number of halogens is 1. The van der Waals surface area contributed by atoms with Crippen molar-refractivity contribution in [3.05, 3.63) is 64.4 Å². The molecule has 0 saturated heterocycles. The molecule has 1 aliphatic rings. The number of para-hydroxylation sites is 1. The minimum absolute atomic E-state index is 0.343. The van der Waals surface area contributed by atoms with Crippen molar-refractivity contribution in [1.29, 1.82) is 0 Å². The predicted molar refractivity (Wildman–Crippen MR) is 102 cm³/mol. The molecule has 1 aromatic carbocycles. The van der Waals surface area contributed by atoms with Crippen molar-refractivity contribution in [1.82, 2.24) is 9.97 Å². The van der Waals surface area contributed by atoms with Crippen LogP contribution in [-0.2, 0) is 22.4 Å². The fourth-order valence-corrected chi connectivity index (χ4v) is 3.39. The maximum atomic E-state index is 12.8. The molecule has 6 nitrogen and oxygen atoms in total. The van der Waals surface area contributed by atoms with Crippen LogP contribution in [0.5, 0.6) is 0 Å². The number of anilines is 1. The molecule has 0 bridgehead atoms. The number of rotatable bonds is 4. The van der Waals surface area contributed by atoms with Gasteiger partial charge in [-0.1, -0.05) is 29.8 Å². The van der Waals surface area contributed by atoms with E-state index in [0.717, 1.165) is 41.4 Å². The molecular weight excluding hydrogens is 366 g/mol. The number of fused-ring (bicyclic) bond motifs is 2. The molecule has 0 atom stereocenters.